The van der Waals surface area contributed by atoms with Gasteiger partial charge in [0.05, 0.1) is 6.10 Å². The highest BCUT2D eigenvalue weighted by atomic mass is 16.5. The van der Waals surface area contributed by atoms with Crippen molar-refractivity contribution in [1.29, 1.82) is 0 Å². The molecular formula is C26H34N2O3. The average Bonchev–Trinajstić information content (AvgIpc) is 3.21. The molecule has 5 nitrogen and oxygen atoms in total. The molecule has 1 aromatic heterocycles. The van der Waals surface area contributed by atoms with Crippen LogP contribution in [0.3, 0.4) is 0 Å². The first kappa shape index (κ1) is 22.0. The molecule has 0 radical (unpaired) electrons. The summed E-state index contributed by atoms with van der Waals surface area (Å²) >= 11 is 0. The van der Waals surface area contributed by atoms with E-state index in [4.69, 9.17) is 9.72 Å². The van der Waals surface area contributed by atoms with Crippen LogP contribution in [0.2, 0.25) is 0 Å². The van der Waals surface area contributed by atoms with Crippen LogP contribution in [0.5, 0.6) is 0 Å². The quantitative estimate of drug-likeness (QED) is 0.603. The van der Waals surface area contributed by atoms with E-state index >= 15 is 0 Å². The van der Waals surface area contributed by atoms with E-state index < -0.39 is 12.0 Å². The number of hydrogen-bond acceptors (Lipinski definition) is 4. The zero-order valence-electron chi connectivity index (χ0n) is 18.6. The summed E-state index contributed by atoms with van der Waals surface area (Å²) in [5, 5.41) is 9.80. The minimum Gasteiger partial charge on any atom is -0.480 e. The summed E-state index contributed by atoms with van der Waals surface area (Å²) in [5.41, 5.74) is 5.90. The van der Waals surface area contributed by atoms with Gasteiger partial charge in [-0.05, 0) is 75.5 Å². The molecule has 1 aliphatic carbocycles. The largest absolute Gasteiger partial charge is 0.480 e. The number of pyridine rings is 1. The Morgan fingerprint density at radius 2 is 2.10 bits per heavy atom. The minimum absolute atomic E-state index is 0.119. The van der Waals surface area contributed by atoms with Crippen molar-refractivity contribution in [1.82, 2.24) is 9.88 Å². The Balaban J connectivity index is 1.20. The van der Waals surface area contributed by atoms with Crippen LogP contribution >= 0.6 is 0 Å². The van der Waals surface area contributed by atoms with Gasteiger partial charge < -0.3 is 9.84 Å². The third-order valence-electron chi connectivity index (χ3n) is 6.55. The van der Waals surface area contributed by atoms with Crippen molar-refractivity contribution in [3.63, 3.8) is 0 Å². The van der Waals surface area contributed by atoms with Crippen molar-refractivity contribution in [3.05, 3.63) is 64.5 Å². The number of nitrogens with zero attached hydrogens (tertiary/aromatic N) is 2. The molecule has 0 saturated carbocycles. The van der Waals surface area contributed by atoms with Gasteiger partial charge in [-0.25, -0.2) is 0 Å². The van der Waals surface area contributed by atoms with Gasteiger partial charge in [-0.2, -0.15) is 0 Å². The lowest BCUT2D eigenvalue weighted by Crippen LogP contribution is -2.33. The Labute approximate surface area is 185 Å². The van der Waals surface area contributed by atoms with E-state index in [-0.39, 0.29) is 6.10 Å². The first-order chi connectivity index (χ1) is 15.1. The molecule has 2 aromatic rings. The number of carboxylic acid groups (broad SMARTS) is 1. The topological polar surface area (TPSA) is 62.7 Å². The van der Waals surface area contributed by atoms with E-state index in [1.165, 1.54) is 36.2 Å². The molecule has 1 saturated heterocycles. The van der Waals surface area contributed by atoms with E-state index in [1.54, 1.807) is 0 Å². The predicted molar refractivity (Wildman–Crippen MR) is 121 cm³/mol. The Bertz CT molecular complexity index is 898. The number of fused-ring (bicyclic) bond motifs is 1. The second-order valence-corrected chi connectivity index (χ2v) is 9.00. The number of aromatic nitrogens is 1. The van der Waals surface area contributed by atoms with Crippen LogP contribution in [0.15, 0.2) is 36.4 Å². The van der Waals surface area contributed by atoms with Crippen molar-refractivity contribution >= 4 is 5.97 Å². The summed E-state index contributed by atoms with van der Waals surface area (Å²) < 4.78 is 6.10. The minimum atomic E-state index is -0.788. The molecule has 2 aliphatic rings. The number of carboxylic acids is 1. The molecule has 0 unspecified atom stereocenters. The highest BCUT2D eigenvalue weighted by Gasteiger charge is 2.33. The number of benzene rings is 1. The van der Waals surface area contributed by atoms with Crippen LogP contribution in [0.25, 0.3) is 0 Å². The Hall–Kier alpha value is -2.24. The van der Waals surface area contributed by atoms with Crippen molar-refractivity contribution in [2.75, 3.05) is 19.7 Å². The maximum atomic E-state index is 11.9. The third-order valence-corrected chi connectivity index (χ3v) is 6.55. The average molecular weight is 423 g/mol. The zero-order chi connectivity index (χ0) is 21.6. The molecule has 2 atom stereocenters. The maximum Gasteiger partial charge on any atom is 0.325 e. The summed E-state index contributed by atoms with van der Waals surface area (Å²) in [6.07, 6.45) is 8.97. The zero-order valence-corrected chi connectivity index (χ0v) is 18.6. The SMILES string of the molecule is Cc1cccc([C@H](C(=O)O)N2CC[C@@H](OCCCCc3ccc4c(n3)CCCC4)C2)c1. The van der Waals surface area contributed by atoms with Crippen molar-refractivity contribution < 1.29 is 14.6 Å². The van der Waals surface area contributed by atoms with Crippen molar-refractivity contribution in [2.24, 2.45) is 0 Å². The van der Waals surface area contributed by atoms with Gasteiger partial charge in [0, 0.05) is 31.1 Å². The number of ether oxygens (including phenoxy) is 1. The maximum absolute atomic E-state index is 11.9. The molecule has 0 amide bonds. The van der Waals surface area contributed by atoms with Gasteiger partial charge in [0.2, 0.25) is 0 Å². The van der Waals surface area contributed by atoms with E-state index in [1.807, 2.05) is 36.1 Å². The van der Waals surface area contributed by atoms with Gasteiger partial charge in [-0.1, -0.05) is 35.9 Å². The standard InChI is InChI=1S/C26H34N2O3/c1-19-7-6-9-21(17-19)25(26(29)30)28-15-14-23(18-28)31-16-5-4-10-22-13-12-20-8-2-3-11-24(20)27-22/h6-7,9,12-13,17,23,25H,2-5,8,10-11,14-16,18H2,1H3,(H,29,30)/t23-,25-/m1/s1. The fraction of sp³-hybridized carbons (Fsp3) is 0.538. The monoisotopic (exact) mass is 422 g/mol. The third kappa shape index (κ3) is 5.72. The summed E-state index contributed by atoms with van der Waals surface area (Å²) in [4.78, 5) is 18.8. The van der Waals surface area contributed by atoms with E-state index in [0.29, 0.717) is 6.54 Å². The molecule has 4 rings (SSSR count). The van der Waals surface area contributed by atoms with Crippen molar-refractivity contribution in [3.8, 4) is 0 Å². The molecule has 5 heteroatoms. The Morgan fingerprint density at radius 1 is 1.23 bits per heavy atom. The van der Waals surface area contributed by atoms with Gasteiger partial charge >= 0.3 is 5.97 Å². The summed E-state index contributed by atoms with van der Waals surface area (Å²) in [6.45, 7) is 4.16. The van der Waals surface area contributed by atoms with Gasteiger partial charge in [0.15, 0.2) is 0 Å². The second kappa shape index (κ2) is 10.4. The number of unbranched alkanes of at least 4 members (excludes halogenated alkanes) is 1. The van der Waals surface area contributed by atoms with Crippen LogP contribution in [-0.4, -0.2) is 46.8 Å². The molecule has 1 aliphatic heterocycles. The molecule has 2 heterocycles. The molecule has 166 valence electrons. The molecular weight excluding hydrogens is 388 g/mol. The van der Waals surface area contributed by atoms with Gasteiger partial charge in [0.1, 0.15) is 6.04 Å². The van der Waals surface area contributed by atoms with Crippen LogP contribution in [-0.2, 0) is 28.8 Å². The predicted octanol–water partition coefficient (Wildman–Crippen LogP) is 4.51. The van der Waals surface area contributed by atoms with Crippen molar-refractivity contribution in [2.45, 2.75) is 70.4 Å². The first-order valence-electron chi connectivity index (χ1n) is 11.7. The van der Waals surface area contributed by atoms with Gasteiger partial charge in [-0.15, -0.1) is 0 Å². The van der Waals surface area contributed by atoms with Crippen LogP contribution in [0.4, 0.5) is 0 Å². The molecule has 1 N–H and O–H groups in total. The molecule has 0 bridgehead atoms. The summed E-state index contributed by atoms with van der Waals surface area (Å²) in [5.74, 6) is -0.788. The number of aliphatic carboxylic acids is 1. The number of aryl methyl sites for hydroxylation is 4. The number of hydrogen-bond donors (Lipinski definition) is 1. The first-order valence-corrected chi connectivity index (χ1v) is 11.7. The molecule has 1 aromatic carbocycles. The van der Waals surface area contributed by atoms with E-state index in [0.717, 1.165) is 56.4 Å². The highest BCUT2D eigenvalue weighted by Crippen LogP contribution is 2.27. The summed E-state index contributed by atoms with van der Waals surface area (Å²) in [6, 6.07) is 11.7. The summed E-state index contributed by atoms with van der Waals surface area (Å²) in [7, 11) is 0. The highest BCUT2D eigenvalue weighted by molar-refractivity contribution is 5.75. The van der Waals surface area contributed by atoms with E-state index in [2.05, 4.69) is 12.1 Å². The molecule has 1 fully saturated rings. The van der Waals surface area contributed by atoms with Crippen LogP contribution in [0.1, 0.15) is 66.2 Å². The fourth-order valence-electron chi connectivity index (χ4n) is 4.90. The van der Waals surface area contributed by atoms with Gasteiger partial charge in [0.25, 0.3) is 0 Å². The van der Waals surface area contributed by atoms with Crippen LogP contribution in [0, 0.1) is 6.92 Å². The number of likely N-dealkylation sites (tertiary alicyclic amines) is 1. The van der Waals surface area contributed by atoms with E-state index in [9.17, 15) is 9.90 Å². The normalized spacial score (nSPS) is 19.8. The Morgan fingerprint density at radius 3 is 2.94 bits per heavy atom. The lowest BCUT2D eigenvalue weighted by Gasteiger charge is -2.25. The molecule has 31 heavy (non-hydrogen) atoms. The molecule has 0 spiro atoms. The lowest BCUT2D eigenvalue weighted by atomic mass is 9.95. The number of rotatable bonds is 9. The van der Waals surface area contributed by atoms with Gasteiger partial charge in [-0.3, -0.25) is 14.7 Å². The van der Waals surface area contributed by atoms with Crippen LogP contribution < -0.4 is 0 Å². The second-order valence-electron chi connectivity index (χ2n) is 9.00. The smallest absolute Gasteiger partial charge is 0.325 e. The number of carbonyl (C=O) groups is 1. The lowest BCUT2D eigenvalue weighted by molar-refractivity contribution is -0.143. The fourth-order valence-corrected chi connectivity index (χ4v) is 4.90. The Kier molecular flexibility index (Phi) is 7.36.